The number of nitrogens with zero attached hydrogens (tertiary/aromatic N) is 2. The summed E-state index contributed by atoms with van der Waals surface area (Å²) in [6.45, 7) is 1.90. The normalized spacial score (nSPS) is 11.4. The van der Waals surface area contributed by atoms with Crippen LogP contribution in [-0.4, -0.2) is 18.0 Å². The van der Waals surface area contributed by atoms with Crippen molar-refractivity contribution < 1.29 is 12.8 Å². The number of imidazole rings is 1. The summed E-state index contributed by atoms with van der Waals surface area (Å²) in [6, 6.07) is 19.6. The molecule has 0 aliphatic rings. The number of nitrogens with one attached hydrogen (secondary N) is 1. The highest BCUT2D eigenvalue weighted by Gasteiger charge is 2.14. The minimum absolute atomic E-state index is 0.151. The number of benzene rings is 3. The van der Waals surface area contributed by atoms with E-state index in [1.165, 1.54) is 24.3 Å². The minimum Gasteiger partial charge on any atom is -0.306 e. The Morgan fingerprint density at radius 3 is 2.00 bits per heavy atom. The van der Waals surface area contributed by atoms with Gasteiger partial charge in [0.15, 0.2) is 0 Å². The van der Waals surface area contributed by atoms with E-state index >= 15 is 0 Å². The topological polar surface area (TPSA) is 64.0 Å². The first-order chi connectivity index (χ1) is 13.9. The van der Waals surface area contributed by atoms with Gasteiger partial charge in [0.25, 0.3) is 10.0 Å². The minimum atomic E-state index is -3.72. The van der Waals surface area contributed by atoms with Crippen molar-refractivity contribution in [2.24, 2.45) is 0 Å². The van der Waals surface area contributed by atoms with Gasteiger partial charge in [0.2, 0.25) is 0 Å². The van der Waals surface area contributed by atoms with Crippen LogP contribution in [0.2, 0.25) is 0 Å². The first-order valence-electron chi connectivity index (χ1n) is 8.91. The van der Waals surface area contributed by atoms with Gasteiger partial charge in [-0.2, -0.15) is 0 Å². The monoisotopic (exact) mass is 407 g/mol. The van der Waals surface area contributed by atoms with Crippen molar-refractivity contribution in [3.05, 3.63) is 96.8 Å². The molecule has 1 aromatic heterocycles. The zero-order valence-electron chi connectivity index (χ0n) is 15.6. The van der Waals surface area contributed by atoms with Crippen LogP contribution in [0.3, 0.4) is 0 Å². The molecule has 4 aromatic rings. The van der Waals surface area contributed by atoms with Crippen molar-refractivity contribution in [1.29, 1.82) is 0 Å². The zero-order valence-corrected chi connectivity index (χ0v) is 16.4. The van der Waals surface area contributed by atoms with E-state index < -0.39 is 10.0 Å². The maximum atomic E-state index is 13.1. The highest BCUT2D eigenvalue weighted by Crippen LogP contribution is 2.23. The first kappa shape index (κ1) is 18.9. The Bertz CT molecular complexity index is 1230. The van der Waals surface area contributed by atoms with E-state index in [2.05, 4.69) is 9.71 Å². The highest BCUT2D eigenvalue weighted by molar-refractivity contribution is 7.92. The fourth-order valence-corrected chi connectivity index (χ4v) is 4.01. The Labute approximate surface area is 168 Å². The van der Waals surface area contributed by atoms with Crippen LogP contribution < -0.4 is 4.72 Å². The second kappa shape index (κ2) is 7.52. The third-order valence-corrected chi connectivity index (χ3v) is 5.87. The molecule has 0 aliphatic carbocycles. The first-order valence-corrected chi connectivity index (χ1v) is 10.4. The predicted molar refractivity (Wildman–Crippen MR) is 111 cm³/mol. The second-order valence-corrected chi connectivity index (χ2v) is 8.29. The van der Waals surface area contributed by atoms with Gasteiger partial charge >= 0.3 is 0 Å². The third-order valence-electron chi connectivity index (χ3n) is 4.47. The van der Waals surface area contributed by atoms with E-state index in [-0.39, 0.29) is 10.7 Å². The molecule has 4 rings (SSSR count). The molecule has 0 saturated carbocycles. The van der Waals surface area contributed by atoms with Crippen molar-refractivity contribution in [3.63, 3.8) is 0 Å². The summed E-state index contributed by atoms with van der Waals surface area (Å²) in [6.07, 6.45) is 3.60. The molecule has 0 radical (unpaired) electrons. The molecule has 7 heteroatoms. The van der Waals surface area contributed by atoms with Crippen molar-refractivity contribution in [2.45, 2.75) is 11.8 Å². The molecular weight excluding hydrogens is 389 g/mol. The van der Waals surface area contributed by atoms with E-state index in [1.54, 1.807) is 42.7 Å². The van der Waals surface area contributed by atoms with Gasteiger partial charge in [-0.15, -0.1) is 0 Å². The summed E-state index contributed by atoms with van der Waals surface area (Å²) in [5, 5.41) is 0. The van der Waals surface area contributed by atoms with E-state index in [4.69, 9.17) is 0 Å². The molecule has 5 nitrogen and oxygen atoms in total. The summed E-state index contributed by atoms with van der Waals surface area (Å²) < 4.78 is 42.9. The van der Waals surface area contributed by atoms with E-state index in [0.29, 0.717) is 5.69 Å². The van der Waals surface area contributed by atoms with Gasteiger partial charge < -0.3 is 4.57 Å². The lowest BCUT2D eigenvalue weighted by molar-refractivity contribution is 0.601. The molecular formula is C22H18FN3O2S. The largest absolute Gasteiger partial charge is 0.306 e. The predicted octanol–water partition coefficient (Wildman–Crippen LogP) is 4.79. The number of anilines is 1. The Balaban J connectivity index is 1.51. The molecule has 1 heterocycles. The summed E-state index contributed by atoms with van der Waals surface area (Å²) in [5.41, 5.74) is 3.88. The molecule has 0 aliphatic heterocycles. The smallest absolute Gasteiger partial charge is 0.261 e. The van der Waals surface area contributed by atoms with Gasteiger partial charge in [-0.1, -0.05) is 24.3 Å². The molecule has 0 saturated heterocycles. The van der Waals surface area contributed by atoms with Gasteiger partial charge in [-0.3, -0.25) is 4.72 Å². The van der Waals surface area contributed by atoms with Crippen molar-refractivity contribution in [3.8, 4) is 16.8 Å². The average molecular weight is 407 g/mol. The quantitative estimate of drug-likeness (QED) is 0.517. The summed E-state index contributed by atoms with van der Waals surface area (Å²) >= 11 is 0. The van der Waals surface area contributed by atoms with Crippen molar-refractivity contribution in [1.82, 2.24) is 9.55 Å². The van der Waals surface area contributed by atoms with Gasteiger partial charge in [0, 0.05) is 17.6 Å². The lowest BCUT2D eigenvalue weighted by Gasteiger charge is -2.10. The number of halogens is 1. The van der Waals surface area contributed by atoms with E-state index in [9.17, 15) is 12.8 Å². The number of sulfonamides is 1. The average Bonchev–Trinajstić information content (AvgIpc) is 3.15. The highest BCUT2D eigenvalue weighted by atomic mass is 32.2. The van der Waals surface area contributed by atoms with Crippen LogP contribution in [0.15, 0.2) is 90.2 Å². The molecule has 29 heavy (non-hydrogen) atoms. The maximum absolute atomic E-state index is 13.1. The molecule has 0 bridgehead atoms. The van der Waals surface area contributed by atoms with Gasteiger partial charge in [0.1, 0.15) is 5.82 Å². The van der Waals surface area contributed by atoms with Crippen LogP contribution >= 0.6 is 0 Å². The number of hydrogen-bond donors (Lipinski definition) is 1. The van der Waals surface area contributed by atoms with Gasteiger partial charge in [-0.05, 0) is 66.6 Å². The lowest BCUT2D eigenvalue weighted by atomic mass is 10.1. The fourth-order valence-electron chi connectivity index (χ4n) is 2.95. The summed E-state index contributed by atoms with van der Waals surface area (Å²) in [7, 11) is -3.72. The molecule has 3 aromatic carbocycles. The van der Waals surface area contributed by atoms with Crippen LogP contribution in [0.5, 0.6) is 0 Å². The van der Waals surface area contributed by atoms with E-state index in [0.717, 1.165) is 22.5 Å². The molecule has 0 amide bonds. The molecule has 0 atom stereocenters. The molecule has 0 spiro atoms. The fraction of sp³-hybridized carbons (Fsp3) is 0.0455. The van der Waals surface area contributed by atoms with Crippen molar-refractivity contribution >= 4 is 15.7 Å². The lowest BCUT2D eigenvalue weighted by Crippen LogP contribution is -2.12. The maximum Gasteiger partial charge on any atom is 0.261 e. The Kier molecular flexibility index (Phi) is 4.90. The van der Waals surface area contributed by atoms with E-state index in [1.807, 2.05) is 29.8 Å². The number of hydrogen-bond acceptors (Lipinski definition) is 3. The Hall–Kier alpha value is -3.45. The van der Waals surface area contributed by atoms with Crippen LogP contribution in [-0.2, 0) is 10.0 Å². The molecule has 0 unspecified atom stereocenters. The summed E-state index contributed by atoms with van der Waals surface area (Å²) in [5.74, 6) is -0.314. The van der Waals surface area contributed by atoms with Gasteiger partial charge in [-0.25, -0.2) is 17.8 Å². The Morgan fingerprint density at radius 1 is 0.862 bits per heavy atom. The zero-order chi connectivity index (χ0) is 20.4. The third kappa shape index (κ3) is 4.20. The SMILES string of the molecule is Cc1cn(-c2ccc(NS(=O)(=O)c3ccc(-c4ccc(F)cc4)cc3)cc2)cn1. The second-order valence-electron chi connectivity index (χ2n) is 6.61. The van der Waals surface area contributed by atoms with Crippen LogP contribution in [0, 0.1) is 12.7 Å². The van der Waals surface area contributed by atoms with Crippen LogP contribution in [0.1, 0.15) is 5.69 Å². The Morgan fingerprint density at radius 2 is 1.45 bits per heavy atom. The standard InChI is InChI=1S/C22H18FN3O2S/c1-16-14-26(15-24-16)21-10-8-20(9-11-21)25-29(27,28)22-12-4-18(5-13-22)17-2-6-19(23)7-3-17/h2-15,25H,1H3. The van der Waals surface area contributed by atoms with Gasteiger partial charge in [0.05, 0.1) is 16.9 Å². The molecule has 146 valence electrons. The number of aryl methyl sites for hydroxylation is 1. The van der Waals surface area contributed by atoms with Crippen LogP contribution in [0.4, 0.5) is 10.1 Å². The molecule has 1 N–H and O–H groups in total. The number of rotatable bonds is 5. The summed E-state index contributed by atoms with van der Waals surface area (Å²) in [4.78, 5) is 4.33. The van der Waals surface area contributed by atoms with Crippen LogP contribution in [0.25, 0.3) is 16.8 Å². The van der Waals surface area contributed by atoms with Crippen molar-refractivity contribution in [2.75, 3.05) is 4.72 Å². The number of aromatic nitrogens is 2. The molecule has 0 fully saturated rings.